The minimum Gasteiger partial charge on any atom is -0.274 e. The topological polar surface area (TPSA) is 37.4 Å². The largest absolute Gasteiger partial charge is 0.274 e. The van der Waals surface area contributed by atoms with Gasteiger partial charge in [0.2, 0.25) is 11.8 Å². The molecule has 3 heteroatoms. The molecular formula is C28H25NO2. The molecule has 5 rings (SSSR count). The van der Waals surface area contributed by atoms with Crippen molar-refractivity contribution in [3.05, 3.63) is 108 Å². The number of benzene rings is 2. The molecule has 3 nitrogen and oxygen atoms in total. The molecule has 1 fully saturated rings. The van der Waals surface area contributed by atoms with E-state index in [0.29, 0.717) is 12.1 Å². The number of nitrogens with zero attached hydrogens (tertiary/aromatic N) is 1. The van der Waals surface area contributed by atoms with Crippen LogP contribution in [0.4, 0.5) is 5.69 Å². The monoisotopic (exact) mass is 407 g/mol. The SMILES string of the molecule is C=C(C)C1=C(c2ccccc2)C[C@@H]2C(=O)N(c3ccccc3)C(=O)[C@@H]2[C@H]1C1C=CC=C1. The van der Waals surface area contributed by atoms with Crippen molar-refractivity contribution < 1.29 is 9.59 Å². The lowest BCUT2D eigenvalue weighted by molar-refractivity contribution is -0.122. The molecule has 31 heavy (non-hydrogen) atoms. The third-order valence-corrected chi connectivity index (χ3v) is 6.73. The predicted molar refractivity (Wildman–Crippen MR) is 124 cm³/mol. The number of amides is 2. The Hall–Kier alpha value is -3.46. The van der Waals surface area contributed by atoms with Gasteiger partial charge in [-0.1, -0.05) is 85.0 Å². The number of allylic oxidation sites excluding steroid dienone is 7. The molecule has 0 saturated carbocycles. The molecule has 2 amide bonds. The van der Waals surface area contributed by atoms with Gasteiger partial charge in [-0.15, -0.1) is 0 Å². The molecule has 0 spiro atoms. The summed E-state index contributed by atoms with van der Waals surface area (Å²) in [5.74, 6) is -0.961. The molecular weight excluding hydrogens is 382 g/mol. The first-order valence-electron chi connectivity index (χ1n) is 10.8. The lowest BCUT2D eigenvalue weighted by Crippen LogP contribution is -2.37. The van der Waals surface area contributed by atoms with E-state index >= 15 is 0 Å². The van der Waals surface area contributed by atoms with Gasteiger partial charge in [0.25, 0.3) is 0 Å². The molecule has 0 bridgehead atoms. The fourth-order valence-corrected chi connectivity index (χ4v) is 5.48. The van der Waals surface area contributed by atoms with Crippen LogP contribution in [0.1, 0.15) is 18.9 Å². The van der Waals surface area contributed by atoms with E-state index in [1.807, 2.05) is 67.6 Å². The molecule has 1 aliphatic heterocycles. The number of carbonyl (C=O) groups is 2. The van der Waals surface area contributed by atoms with E-state index in [1.165, 1.54) is 4.90 Å². The van der Waals surface area contributed by atoms with Crippen LogP contribution in [0.15, 0.2) is 103 Å². The quantitative estimate of drug-likeness (QED) is 0.620. The number of para-hydroxylation sites is 1. The van der Waals surface area contributed by atoms with Gasteiger partial charge in [-0.05, 0) is 42.2 Å². The number of fused-ring (bicyclic) bond motifs is 1. The zero-order chi connectivity index (χ0) is 21.5. The number of hydrogen-bond acceptors (Lipinski definition) is 2. The van der Waals surface area contributed by atoms with Crippen molar-refractivity contribution in [3.63, 3.8) is 0 Å². The Bertz CT molecular complexity index is 1130. The molecule has 3 atom stereocenters. The zero-order valence-corrected chi connectivity index (χ0v) is 17.6. The molecule has 0 aromatic heterocycles. The minimum atomic E-state index is -0.385. The predicted octanol–water partition coefficient (Wildman–Crippen LogP) is 5.58. The Kier molecular flexibility index (Phi) is 4.82. The lowest BCUT2D eigenvalue weighted by Gasteiger charge is -2.38. The second-order valence-electron chi connectivity index (χ2n) is 8.60. The van der Waals surface area contributed by atoms with Crippen LogP contribution in [-0.4, -0.2) is 11.8 Å². The minimum absolute atomic E-state index is 0.0747. The normalized spacial score (nSPS) is 25.5. The van der Waals surface area contributed by atoms with Gasteiger partial charge in [0, 0.05) is 11.8 Å². The fraction of sp³-hybridized carbons (Fsp3) is 0.214. The maximum atomic E-state index is 13.7. The summed E-state index contributed by atoms with van der Waals surface area (Å²) in [5, 5.41) is 0. The van der Waals surface area contributed by atoms with E-state index in [0.717, 1.165) is 22.3 Å². The molecule has 0 N–H and O–H groups in total. The van der Waals surface area contributed by atoms with Gasteiger partial charge < -0.3 is 0 Å². The molecule has 1 heterocycles. The number of anilines is 1. The van der Waals surface area contributed by atoms with Crippen LogP contribution < -0.4 is 4.90 Å². The highest BCUT2D eigenvalue weighted by Crippen LogP contribution is 2.53. The molecule has 2 aromatic carbocycles. The average molecular weight is 408 g/mol. The first-order valence-corrected chi connectivity index (χ1v) is 10.8. The standard InChI is InChI=1S/C28H25NO2/c1-18(2)24-22(19-11-5-3-6-12-19)17-23-26(25(24)20-13-9-10-14-20)28(31)29(27(23)30)21-15-7-4-8-16-21/h3-16,20,23,25-26H,1,17H2,2H3/t23-,25-,26-/m0/s1. The van der Waals surface area contributed by atoms with Gasteiger partial charge >= 0.3 is 0 Å². The van der Waals surface area contributed by atoms with Crippen molar-refractivity contribution in [2.75, 3.05) is 4.90 Å². The molecule has 154 valence electrons. The molecule has 3 aliphatic rings. The summed E-state index contributed by atoms with van der Waals surface area (Å²) >= 11 is 0. The van der Waals surface area contributed by atoms with Crippen LogP contribution in [0.2, 0.25) is 0 Å². The Morgan fingerprint density at radius 1 is 0.871 bits per heavy atom. The second-order valence-corrected chi connectivity index (χ2v) is 8.60. The Labute approximate surface area is 183 Å². The van der Waals surface area contributed by atoms with Crippen molar-refractivity contribution in [2.24, 2.45) is 23.7 Å². The summed E-state index contributed by atoms with van der Waals surface area (Å²) in [5.41, 5.74) is 5.00. The van der Waals surface area contributed by atoms with Crippen LogP contribution >= 0.6 is 0 Å². The highest BCUT2D eigenvalue weighted by molar-refractivity contribution is 6.23. The summed E-state index contributed by atoms with van der Waals surface area (Å²) in [6, 6.07) is 19.5. The zero-order valence-electron chi connectivity index (χ0n) is 17.6. The van der Waals surface area contributed by atoms with Crippen LogP contribution in [0.5, 0.6) is 0 Å². The van der Waals surface area contributed by atoms with Gasteiger partial charge in [0.15, 0.2) is 0 Å². The second kappa shape index (κ2) is 7.66. The van der Waals surface area contributed by atoms with Gasteiger partial charge in [-0.2, -0.15) is 0 Å². The highest BCUT2D eigenvalue weighted by atomic mass is 16.2. The van der Waals surface area contributed by atoms with Crippen LogP contribution in [0, 0.1) is 23.7 Å². The summed E-state index contributed by atoms with van der Waals surface area (Å²) in [6.07, 6.45) is 8.90. The van der Waals surface area contributed by atoms with Crippen LogP contribution in [0.3, 0.4) is 0 Å². The molecule has 0 radical (unpaired) electrons. The van der Waals surface area contributed by atoms with E-state index in [2.05, 4.69) is 30.9 Å². The Balaban J connectivity index is 1.68. The number of imide groups is 1. The summed E-state index contributed by atoms with van der Waals surface area (Å²) in [4.78, 5) is 28.7. The van der Waals surface area contributed by atoms with Gasteiger partial charge in [0.05, 0.1) is 17.5 Å². The van der Waals surface area contributed by atoms with E-state index in [9.17, 15) is 9.59 Å². The van der Waals surface area contributed by atoms with Gasteiger partial charge in [-0.25, -0.2) is 0 Å². The third-order valence-electron chi connectivity index (χ3n) is 6.73. The Morgan fingerprint density at radius 2 is 1.48 bits per heavy atom. The smallest absolute Gasteiger partial charge is 0.238 e. The molecule has 2 aromatic rings. The fourth-order valence-electron chi connectivity index (χ4n) is 5.48. The molecule has 0 unspecified atom stereocenters. The Morgan fingerprint density at radius 3 is 2.10 bits per heavy atom. The summed E-state index contributed by atoms with van der Waals surface area (Å²) < 4.78 is 0. The van der Waals surface area contributed by atoms with Crippen molar-refractivity contribution in [1.29, 1.82) is 0 Å². The van der Waals surface area contributed by atoms with Crippen molar-refractivity contribution >= 4 is 23.1 Å². The van der Waals surface area contributed by atoms with Crippen LogP contribution in [-0.2, 0) is 9.59 Å². The molecule has 1 saturated heterocycles. The number of hydrogen-bond donors (Lipinski definition) is 0. The summed E-state index contributed by atoms with van der Waals surface area (Å²) in [6.45, 7) is 6.31. The van der Waals surface area contributed by atoms with Gasteiger partial charge in [0.1, 0.15) is 0 Å². The average Bonchev–Trinajstić information content (AvgIpc) is 3.41. The van der Waals surface area contributed by atoms with Crippen molar-refractivity contribution in [1.82, 2.24) is 0 Å². The first kappa shape index (κ1) is 19.5. The van der Waals surface area contributed by atoms with E-state index in [1.54, 1.807) is 0 Å². The molecule has 2 aliphatic carbocycles. The third kappa shape index (κ3) is 3.12. The van der Waals surface area contributed by atoms with E-state index < -0.39 is 0 Å². The first-order chi connectivity index (χ1) is 15.1. The maximum absolute atomic E-state index is 13.7. The maximum Gasteiger partial charge on any atom is 0.238 e. The van der Waals surface area contributed by atoms with Crippen molar-refractivity contribution in [3.8, 4) is 0 Å². The van der Waals surface area contributed by atoms with Crippen LogP contribution in [0.25, 0.3) is 5.57 Å². The summed E-state index contributed by atoms with van der Waals surface area (Å²) in [7, 11) is 0. The lowest BCUT2D eigenvalue weighted by atomic mass is 9.63. The van der Waals surface area contributed by atoms with E-state index in [4.69, 9.17) is 0 Å². The van der Waals surface area contributed by atoms with Gasteiger partial charge in [-0.3, -0.25) is 14.5 Å². The highest BCUT2D eigenvalue weighted by Gasteiger charge is 2.56. The number of rotatable bonds is 4. The van der Waals surface area contributed by atoms with Crippen molar-refractivity contribution in [2.45, 2.75) is 13.3 Å². The van der Waals surface area contributed by atoms with E-state index in [-0.39, 0.29) is 35.5 Å². The number of carbonyl (C=O) groups excluding carboxylic acids is 2.